The van der Waals surface area contributed by atoms with Crippen LogP contribution < -0.4 is 19.7 Å². The van der Waals surface area contributed by atoms with Gasteiger partial charge in [-0.3, -0.25) is 14.5 Å². The van der Waals surface area contributed by atoms with Crippen LogP contribution in [0, 0.1) is 12.3 Å². The van der Waals surface area contributed by atoms with Crippen molar-refractivity contribution in [2.45, 2.75) is 24.9 Å². The van der Waals surface area contributed by atoms with Crippen molar-refractivity contribution in [3.8, 4) is 23.8 Å². The molecule has 0 radical (unpaired) electrons. The van der Waals surface area contributed by atoms with Gasteiger partial charge in [0.1, 0.15) is 17.0 Å². The molecule has 0 spiro atoms. The summed E-state index contributed by atoms with van der Waals surface area (Å²) in [6, 6.07) is 14.6. The lowest BCUT2D eigenvalue weighted by Gasteiger charge is -2.44. The Balaban J connectivity index is 2.03. The molecular weight excluding hydrogens is 396 g/mol. The van der Waals surface area contributed by atoms with E-state index in [2.05, 4.69) is 11.2 Å². The Bertz CT molecular complexity index is 962. The maximum Gasteiger partial charge on any atom is 0.303 e. The molecule has 2 aromatic rings. The highest BCUT2D eigenvalue weighted by Gasteiger charge is 2.48. The van der Waals surface area contributed by atoms with Crippen LogP contribution in [0.1, 0.15) is 18.4 Å². The van der Waals surface area contributed by atoms with Crippen LogP contribution in [0.2, 0.25) is 0 Å². The number of carbonyl (C=O) groups excluding carboxylic acids is 2. The van der Waals surface area contributed by atoms with Crippen LogP contribution in [-0.4, -0.2) is 44.8 Å². The maximum atomic E-state index is 13.6. The minimum absolute atomic E-state index is 0.291. The van der Waals surface area contributed by atoms with Gasteiger partial charge in [-0.15, -0.1) is 6.42 Å². The van der Waals surface area contributed by atoms with Crippen molar-refractivity contribution in [3.63, 3.8) is 0 Å². The van der Waals surface area contributed by atoms with E-state index in [0.717, 1.165) is 5.56 Å². The molecule has 7 nitrogen and oxygen atoms in total. The average molecular weight is 422 g/mol. The van der Waals surface area contributed by atoms with Gasteiger partial charge in [0.15, 0.2) is 0 Å². The molecule has 31 heavy (non-hydrogen) atoms. The molecule has 1 aliphatic rings. The van der Waals surface area contributed by atoms with Crippen molar-refractivity contribution in [2.24, 2.45) is 0 Å². The third-order valence-electron chi connectivity index (χ3n) is 5.42. The summed E-state index contributed by atoms with van der Waals surface area (Å²) in [7, 11) is 3.03. The number of amides is 2. The number of nitrogens with zero attached hydrogens (tertiary/aromatic N) is 1. The molecule has 1 saturated heterocycles. The normalized spacial score (nSPS) is 14.7. The van der Waals surface area contributed by atoms with Gasteiger partial charge in [0.05, 0.1) is 19.9 Å². The Morgan fingerprint density at radius 3 is 2.45 bits per heavy atom. The molecule has 0 bridgehead atoms. The number of hydrogen-bond donors (Lipinski definition) is 1. The van der Waals surface area contributed by atoms with Crippen LogP contribution in [-0.2, 0) is 20.9 Å². The lowest BCUT2D eigenvalue weighted by molar-refractivity contribution is -0.133. The molecule has 0 atom stereocenters. The van der Waals surface area contributed by atoms with Crippen molar-refractivity contribution < 1.29 is 23.8 Å². The monoisotopic (exact) mass is 422 g/mol. The maximum absolute atomic E-state index is 13.6. The van der Waals surface area contributed by atoms with Gasteiger partial charge in [0.2, 0.25) is 5.91 Å². The summed E-state index contributed by atoms with van der Waals surface area (Å²) in [5.41, 5.74) is 0.149. The smallest absolute Gasteiger partial charge is 0.303 e. The van der Waals surface area contributed by atoms with E-state index in [-0.39, 0.29) is 5.91 Å². The van der Waals surface area contributed by atoms with Gasteiger partial charge in [-0.25, -0.2) is 0 Å². The topological polar surface area (TPSA) is 77.1 Å². The van der Waals surface area contributed by atoms with Crippen molar-refractivity contribution in [1.82, 2.24) is 5.32 Å². The Morgan fingerprint density at radius 1 is 1.13 bits per heavy atom. The minimum atomic E-state index is -1.21. The SMILES string of the molecule is C#CC(=O)N(c1ccc(OC)cc1OC)C1(C(=O)NCc2ccccc2)CCOCC1. The number of carbonyl (C=O) groups is 2. The molecule has 0 saturated carbocycles. The van der Waals surface area contributed by atoms with Crippen LogP contribution in [0.3, 0.4) is 0 Å². The van der Waals surface area contributed by atoms with Crippen molar-refractivity contribution in [2.75, 3.05) is 32.3 Å². The van der Waals surface area contributed by atoms with Gasteiger partial charge in [-0.1, -0.05) is 30.3 Å². The van der Waals surface area contributed by atoms with E-state index < -0.39 is 11.4 Å². The summed E-state index contributed by atoms with van der Waals surface area (Å²) in [6.07, 6.45) is 6.12. The molecule has 2 aromatic carbocycles. The number of terminal acetylenes is 1. The van der Waals surface area contributed by atoms with Gasteiger partial charge in [-0.2, -0.15) is 0 Å². The summed E-state index contributed by atoms with van der Waals surface area (Å²) in [6.45, 7) is 0.983. The van der Waals surface area contributed by atoms with E-state index >= 15 is 0 Å². The largest absolute Gasteiger partial charge is 0.497 e. The van der Waals surface area contributed by atoms with E-state index in [1.165, 1.54) is 19.1 Å². The van der Waals surface area contributed by atoms with Crippen LogP contribution in [0.25, 0.3) is 0 Å². The molecule has 2 amide bonds. The van der Waals surface area contributed by atoms with Crippen LogP contribution in [0.4, 0.5) is 5.69 Å². The number of benzene rings is 2. The molecule has 162 valence electrons. The average Bonchev–Trinajstić information content (AvgIpc) is 2.83. The molecule has 0 aromatic heterocycles. The van der Waals surface area contributed by atoms with Crippen molar-refractivity contribution in [3.05, 3.63) is 54.1 Å². The lowest BCUT2D eigenvalue weighted by Crippen LogP contribution is -2.63. The second-order valence-corrected chi connectivity index (χ2v) is 7.13. The third kappa shape index (κ3) is 4.65. The van der Waals surface area contributed by atoms with E-state index in [1.807, 2.05) is 30.3 Å². The van der Waals surface area contributed by atoms with E-state index in [0.29, 0.717) is 49.8 Å². The molecular formula is C24H26N2O5. The fourth-order valence-electron chi connectivity index (χ4n) is 3.77. The van der Waals surface area contributed by atoms with Gasteiger partial charge in [0, 0.05) is 38.7 Å². The zero-order chi connectivity index (χ0) is 22.3. The zero-order valence-corrected chi connectivity index (χ0v) is 17.7. The fourth-order valence-corrected chi connectivity index (χ4v) is 3.77. The third-order valence-corrected chi connectivity index (χ3v) is 5.42. The van der Waals surface area contributed by atoms with Crippen molar-refractivity contribution in [1.29, 1.82) is 0 Å². The predicted molar refractivity (Wildman–Crippen MR) is 117 cm³/mol. The van der Waals surface area contributed by atoms with E-state index in [9.17, 15) is 9.59 Å². The quantitative estimate of drug-likeness (QED) is 0.694. The van der Waals surface area contributed by atoms with Crippen LogP contribution in [0.15, 0.2) is 48.5 Å². The predicted octanol–water partition coefficient (Wildman–Crippen LogP) is 2.54. The van der Waals surface area contributed by atoms with Gasteiger partial charge in [-0.05, 0) is 23.6 Å². The first-order valence-corrected chi connectivity index (χ1v) is 9.98. The summed E-state index contributed by atoms with van der Waals surface area (Å²) < 4.78 is 16.3. The Labute approximate surface area is 182 Å². The van der Waals surface area contributed by atoms with E-state index in [4.69, 9.17) is 20.6 Å². The summed E-state index contributed by atoms with van der Waals surface area (Å²) >= 11 is 0. The first-order valence-electron chi connectivity index (χ1n) is 9.98. The molecule has 1 N–H and O–H groups in total. The van der Waals surface area contributed by atoms with Gasteiger partial charge in [0.25, 0.3) is 0 Å². The molecule has 0 aliphatic carbocycles. The first kappa shape index (κ1) is 22.2. The molecule has 1 fully saturated rings. The second-order valence-electron chi connectivity index (χ2n) is 7.13. The second kappa shape index (κ2) is 10.0. The fraction of sp³-hybridized carbons (Fsp3) is 0.333. The highest BCUT2D eigenvalue weighted by atomic mass is 16.5. The standard InChI is InChI=1S/C24H26N2O5/c1-4-22(27)26(20-11-10-19(29-2)16-21(20)30-3)24(12-14-31-15-13-24)23(28)25-17-18-8-6-5-7-9-18/h1,5-11,16H,12-15,17H2,2-3H3,(H,25,28). The number of methoxy groups -OCH3 is 2. The van der Waals surface area contributed by atoms with Crippen LogP contribution >= 0.6 is 0 Å². The molecule has 1 heterocycles. The molecule has 3 rings (SSSR count). The zero-order valence-electron chi connectivity index (χ0n) is 17.7. The first-order chi connectivity index (χ1) is 15.1. The number of rotatable bonds is 7. The lowest BCUT2D eigenvalue weighted by atomic mass is 9.85. The Kier molecular flexibility index (Phi) is 7.16. The highest BCUT2D eigenvalue weighted by molar-refractivity contribution is 6.12. The molecule has 7 heteroatoms. The van der Waals surface area contributed by atoms with E-state index in [1.54, 1.807) is 18.2 Å². The molecule has 1 aliphatic heterocycles. The van der Waals surface area contributed by atoms with Crippen molar-refractivity contribution >= 4 is 17.5 Å². The minimum Gasteiger partial charge on any atom is -0.497 e. The van der Waals surface area contributed by atoms with Gasteiger partial charge >= 0.3 is 5.91 Å². The number of hydrogen-bond acceptors (Lipinski definition) is 5. The number of anilines is 1. The Hall–Kier alpha value is -3.50. The van der Waals surface area contributed by atoms with Gasteiger partial charge < -0.3 is 19.5 Å². The van der Waals surface area contributed by atoms with Crippen LogP contribution in [0.5, 0.6) is 11.5 Å². The summed E-state index contributed by atoms with van der Waals surface area (Å²) in [4.78, 5) is 27.9. The summed E-state index contributed by atoms with van der Waals surface area (Å²) in [5, 5.41) is 2.98. The Morgan fingerprint density at radius 2 is 1.84 bits per heavy atom. The highest BCUT2D eigenvalue weighted by Crippen LogP contribution is 2.40. The number of ether oxygens (including phenoxy) is 3. The summed E-state index contributed by atoms with van der Waals surface area (Å²) in [5.74, 6) is 2.20. The number of nitrogens with one attached hydrogen (secondary N) is 1. The molecule has 0 unspecified atom stereocenters.